The minimum atomic E-state index is 0.0287. The Balaban J connectivity index is 1.67. The quantitative estimate of drug-likeness (QED) is 0.886. The second kappa shape index (κ2) is 7.62. The number of pyridine rings is 1. The fourth-order valence-electron chi connectivity index (χ4n) is 3.36. The standard InChI is InChI=1S/C19H26N4O/c1-14-10-18(19(24)22-12-16-6-5-8-20-11-16)15(2)23(14)13-17-7-3-4-9-21-17/h3-4,7,9-10,16,20H,5-6,8,11-13H2,1-2H3,(H,22,24). The summed E-state index contributed by atoms with van der Waals surface area (Å²) >= 11 is 0. The Kier molecular flexibility index (Phi) is 5.30. The highest BCUT2D eigenvalue weighted by Crippen LogP contribution is 2.17. The Morgan fingerprint density at radius 2 is 2.29 bits per heavy atom. The van der Waals surface area contributed by atoms with Crippen LogP contribution in [0.25, 0.3) is 0 Å². The first-order valence-corrected chi connectivity index (χ1v) is 8.70. The Bertz CT molecular complexity index is 687. The number of aromatic nitrogens is 2. The highest BCUT2D eigenvalue weighted by atomic mass is 16.1. The molecule has 1 unspecified atom stereocenters. The molecule has 1 saturated heterocycles. The molecular weight excluding hydrogens is 300 g/mol. The monoisotopic (exact) mass is 326 g/mol. The Hall–Kier alpha value is -2.14. The maximum atomic E-state index is 12.6. The third kappa shape index (κ3) is 3.85. The normalized spacial score (nSPS) is 17.7. The molecule has 0 aromatic carbocycles. The minimum Gasteiger partial charge on any atom is -0.352 e. The largest absolute Gasteiger partial charge is 0.352 e. The first kappa shape index (κ1) is 16.7. The van der Waals surface area contributed by atoms with Gasteiger partial charge in [0.1, 0.15) is 0 Å². The van der Waals surface area contributed by atoms with Crippen LogP contribution in [0.15, 0.2) is 30.5 Å². The molecule has 0 spiro atoms. The molecule has 5 nitrogen and oxygen atoms in total. The van der Waals surface area contributed by atoms with Gasteiger partial charge in [-0.15, -0.1) is 0 Å². The van der Waals surface area contributed by atoms with Crippen LogP contribution < -0.4 is 10.6 Å². The van der Waals surface area contributed by atoms with Gasteiger partial charge in [-0.2, -0.15) is 0 Å². The fraction of sp³-hybridized carbons (Fsp3) is 0.474. The number of hydrogen-bond acceptors (Lipinski definition) is 3. The molecule has 128 valence electrons. The molecule has 0 aliphatic carbocycles. The van der Waals surface area contributed by atoms with Crippen molar-refractivity contribution in [3.8, 4) is 0 Å². The highest BCUT2D eigenvalue weighted by Gasteiger charge is 2.18. The van der Waals surface area contributed by atoms with Crippen molar-refractivity contribution in [3.05, 3.63) is 53.1 Å². The molecule has 1 aliphatic heterocycles. The molecule has 2 aromatic heterocycles. The van der Waals surface area contributed by atoms with Crippen LogP contribution >= 0.6 is 0 Å². The van der Waals surface area contributed by atoms with E-state index in [2.05, 4.69) is 20.2 Å². The predicted octanol–water partition coefficient (Wildman–Crippen LogP) is 2.28. The van der Waals surface area contributed by atoms with Gasteiger partial charge in [0.05, 0.1) is 17.8 Å². The van der Waals surface area contributed by atoms with E-state index in [1.807, 2.05) is 38.1 Å². The van der Waals surface area contributed by atoms with Crippen LogP contribution in [0.4, 0.5) is 0 Å². The van der Waals surface area contributed by atoms with Gasteiger partial charge in [0, 0.05) is 24.1 Å². The zero-order valence-corrected chi connectivity index (χ0v) is 14.5. The molecule has 5 heteroatoms. The van der Waals surface area contributed by atoms with E-state index in [0.29, 0.717) is 12.5 Å². The van der Waals surface area contributed by atoms with E-state index in [-0.39, 0.29) is 5.91 Å². The summed E-state index contributed by atoms with van der Waals surface area (Å²) in [6, 6.07) is 7.89. The van der Waals surface area contributed by atoms with Gasteiger partial charge in [-0.1, -0.05) is 6.07 Å². The zero-order valence-electron chi connectivity index (χ0n) is 14.5. The number of rotatable bonds is 5. The van der Waals surface area contributed by atoms with E-state index in [1.165, 1.54) is 12.8 Å². The first-order valence-electron chi connectivity index (χ1n) is 8.70. The van der Waals surface area contributed by atoms with Crippen molar-refractivity contribution in [2.45, 2.75) is 33.2 Å². The molecule has 2 aromatic rings. The molecule has 24 heavy (non-hydrogen) atoms. The van der Waals surface area contributed by atoms with E-state index in [1.54, 1.807) is 6.20 Å². The van der Waals surface area contributed by atoms with Crippen molar-refractivity contribution in [2.24, 2.45) is 5.92 Å². The number of aryl methyl sites for hydroxylation is 1. The third-order valence-corrected chi connectivity index (χ3v) is 4.81. The number of nitrogens with one attached hydrogen (secondary N) is 2. The topological polar surface area (TPSA) is 59.0 Å². The number of hydrogen-bond donors (Lipinski definition) is 2. The summed E-state index contributed by atoms with van der Waals surface area (Å²) in [6.07, 6.45) is 4.18. The number of carbonyl (C=O) groups is 1. The number of amides is 1. The van der Waals surface area contributed by atoms with Crippen molar-refractivity contribution in [1.29, 1.82) is 0 Å². The van der Waals surface area contributed by atoms with Crippen molar-refractivity contribution in [3.63, 3.8) is 0 Å². The molecule has 3 heterocycles. The van der Waals surface area contributed by atoms with E-state index >= 15 is 0 Å². The first-order chi connectivity index (χ1) is 11.6. The van der Waals surface area contributed by atoms with Gasteiger partial charge in [0.15, 0.2) is 0 Å². The van der Waals surface area contributed by atoms with Crippen LogP contribution in [0.2, 0.25) is 0 Å². The summed E-state index contributed by atoms with van der Waals surface area (Å²) in [6.45, 7) is 7.58. The molecule has 1 aliphatic rings. The minimum absolute atomic E-state index is 0.0287. The van der Waals surface area contributed by atoms with Gasteiger partial charge in [0.25, 0.3) is 5.91 Å². The molecule has 2 N–H and O–H groups in total. The van der Waals surface area contributed by atoms with Crippen molar-refractivity contribution in [2.75, 3.05) is 19.6 Å². The summed E-state index contributed by atoms with van der Waals surface area (Å²) in [5, 5.41) is 6.49. The highest BCUT2D eigenvalue weighted by molar-refractivity contribution is 5.95. The maximum Gasteiger partial charge on any atom is 0.253 e. The molecule has 0 radical (unpaired) electrons. The average molecular weight is 326 g/mol. The molecule has 3 rings (SSSR count). The Morgan fingerprint density at radius 1 is 1.42 bits per heavy atom. The lowest BCUT2D eigenvalue weighted by Crippen LogP contribution is -2.38. The molecule has 1 fully saturated rings. The van der Waals surface area contributed by atoms with Gasteiger partial charge in [-0.3, -0.25) is 9.78 Å². The van der Waals surface area contributed by atoms with Crippen LogP contribution in [0.3, 0.4) is 0 Å². The van der Waals surface area contributed by atoms with Crippen molar-refractivity contribution >= 4 is 5.91 Å². The van der Waals surface area contributed by atoms with Crippen LogP contribution in [-0.4, -0.2) is 35.1 Å². The number of carbonyl (C=O) groups excluding carboxylic acids is 1. The smallest absolute Gasteiger partial charge is 0.253 e. The fourth-order valence-corrected chi connectivity index (χ4v) is 3.36. The molecule has 0 bridgehead atoms. The summed E-state index contributed by atoms with van der Waals surface area (Å²) in [7, 11) is 0. The average Bonchev–Trinajstić information content (AvgIpc) is 2.90. The molecular formula is C19H26N4O. The predicted molar refractivity (Wildman–Crippen MR) is 95.2 cm³/mol. The lowest BCUT2D eigenvalue weighted by atomic mass is 10.00. The number of nitrogens with zero attached hydrogens (tertiary/aromatic N) is 2. The van der Waals surface area contributed by atoms with E-state index < -0.39 is 0 Å². The molecule has 1 atom stereocenters. The summed E-state index contributed by atoms with van der Waals surface area (Å²) < 4.78 is 2.15. The van der Waals surface area contributed by atoms with Crippen LogP contribution in [0, 0.1) is 19.8 Å². The Morgan fingerprint density at radius 3 is 3.00 bits per heavy atom. The zero-order chi connectivity index (χ0) is 16.9. The SMILES string of the molecule is Cc1cc(C(=O)NCC2CCCNC2)c(C)n1Cc1ccccn1. The van der Waals surface area contributed by atoms with Crippen molar-refractivity contribution in [1.82, 2.24) is 20.2 Å². The second-order valence-corrected chi connectivity index (χ2v) is 6.61. The number of piperidine rings is 1. The van der Waals surface area contributed by atoms with Crippen LogP contribution in [-0.2, 0) is 6.54 Å². The van der Waals surface area contributed by atoms with Gasteiger partial charge in [-0.25, -0.2) is 0 Å². The van der Waals surface area contributed by atoms with Gasteiger partial charge >= 0.3 is 0 Å². The second-order valence-electron chi connectivity index (χ2n) is 6.61. The molecule has 0 saturated carbocycles. The summed E-state index contributed by atoms with van der Waals surface area (Å²) in [4.78, 5) is 16.9. The Labute approximate surface area is 143 Å². The van der Waals surface area contributed by atoms with Gasteiger partial charge in [-0.05, 0) is 63.9 Å². The third-order valence-electron chi connectivity index (χ3n) is 4.81. The van der Waals surface area contributed by atoms with E-state index in [4.69, 9.17) is 0 Å². The van der Waals surface area contributed by atoms with Gasteiger partial charge in [0.2, 0.25) is 0 Å². The summed E-state index contributed by atoms with van der Waals surface area (Å²) in [5.41, 5.74) is 3.85. The van der Waals surface area contributed by atoms with E-state index in [9.17, 15) is 4.79 Å². The van der Waals surface area contributed by atoms with Crippen LogP contribution in [0.5, 0.6) is 0 Å². The van der Waals surface area contributed by atoms with Crippen LogP contribution in [0.1, 0.15) is 40.3 Å². The lowest BCUT2D eigenvalue weighted by molar-refractivity contribution is 0.0944. The lowest BCUT2D eigenvalue weighted by Gasteiger charge is -2.22. The van der Waals surface area contributed by atoms with Crippen molar-refractivity contribution < 1.29 is 4.79 Å². The summed E-state index contributed by atoms with van der Waals surface area (Å²) in [5.74, 6) is 0.570. The van der Waals surface area contributed by atoms with Gasteiger partial charge < -0.3 is 15.2 Å². The maximum absolute atomic E-state index is 12.6. The molecule has 1 amide bonds. The van der Waals surface area contributed by atoms with E-state index in [0.717, 1.165) is 42.3 Å².